The van der Waals surface area contributed by atoms with Gasteiger partial charge in [0.1, 0.15) is 6.54 Å². The molecule has 1 rings (SSSR count). The van der Waals surface area contributed by atoms with Gasteiger partial charge >= 0.3 is 0 Å². The Morgan fingerprint density at radius 2 is 1.71 bits per heavy atom. The van der Waals surface area contributed by atoms with E-state index in [4.69, 9.17) is 0 Å². The van der Waals surface area contributed by atoms with Gasteiger partial charge < -0.3 is 0 Å². The molecule has 0 spiro atoms. The van der Waals surface area contributed by atoms with Crippen molar-refractivity contribution in [3.05, 3.63) is 29.3 Å². The third-order valence-electron chi connectivity index (χ3n) is 2.59. The summed E-state index contributed by atoms with van der Waals surface area (Å²) >= 11 is 0. The number of benzene rings is 1. The van der Waals surface area contributed by atoms with Crippen LogP contribution in [-0.4, -0.2) is 32.8 Å². The second-order valence-corrected chi connectivity index (χ2v) is 7.12. The van der Waals surface area contributed by atoms with Crippen molar-refractivity contribution in [2.24, 2.45) is 5.10 Å². The number of carbonyl (C=O) groups excluding carboxylic acids is 1. The zero-order valence-electron chi connectivity index (χ0n) is 13.0. The van der Waals surface area contributed by atoms with Crippen LogP contribution in [0.2, 0.25) is 0 Å². The molecule has 0 aliphatic carbocycles. The van der Waals surface area contributed by atoms with Crippen LogP contribution >= 0.6 is 0 Å². The summed E-state index contributed by atoms with van der Waals surface area (Å²) in [5.41, 5.74) is 5.35. The number of hydrogen-bond acceptors (Lipinski definition) is 4. The summed E-state index contributed by atoms with van der Waals surface area (Å²) in [6.45, 7) is 6.92. The zero-order valence-corrected chi connectivity index (χ0v) is 13.8. The minimum atomic E-state index is -3.56. The molecule has 0 saturated heterocycles. The van der Waals surface area contributed by atoms with E-state index in [9.17, 15) is 13.2 Å². The summed E-state index contributed by atoms with van der Waals surface area (Å²) in [5, 5.41) is 3.78. The number of rotatable bonds is 5. The quantitative estimate of drug-likeness (QED) is 0.662. The molecule has 21 heavy (non-hydrogen) atoms. The normalized spacial score (nSPS) is 10.9. The summed E-state index contributed by atoms with van der Waals surface area (Å²) in [6, 6.07) is 5.40. The first-order valence-electron chi connectivity index (χ1n) is 6.45. The standard InChI is InChI=1S/C14H21N3O3S/c1-10(2)15-16-14(18)9-17(21(5,19)20)13-7-11(3)6-12(4)8-13/h6-8H,9H2,1-5H3,(H,16,18). The van der Waals surface area contributed by atoms with Gasteiger partial charge in [-0.1, -0.05) is 6.07 Å². The molecule has 0 aliphatic heterocycles. The molecule has 0 atom stereocenters. The first-order chi connectivity index (χ1) is 9.59. The monoisotopic (exact) mass is 311 g/mol. The summed E-state index contributed by atoms with van der Waals surface area (Å²) in [5.74, 6) is -0.485. The van der Waals surface area contributed by atoms with Crippen molar-refractivity contribution in [1.29, 1.82) is 0 Å². The van der Waals surface area contributed by atoms with Gasteiger partial charge in [0, 0.05) is 5.71 Å². The van der Waals surface area contributed by atoms with Crippen molar-refractivity contribution in [2.45, 2.75) is 27.7 Å². The Kier molecular flexibility index (Phi) is 5.48. The number of anilines is 1. The van der Waals surface area contributed by atoms with Gasteiger partial charge in [0.2, 0.25) is 10.0 Å². The van der Waals surface area contributed by atoms with E-state index in [1.165, 1.54) is 0 Å². The SMILES string of the molecule is CC(C)=NNC(=O)CN(c1cc(C)cc(C)c1)S(C)(=O)=O. The number of nitrogens with one attached hydrogen (secondary N) is 1. The van der Waals surface area contributed by atoms with Crippen LogP contribution < -0.4 is 9.73 Å². The Bertz CT molecular complexity index is 642. The van der Waals surface area contributed by atoms with Crippen molar-refractivity contribution in [3.8, 4) is 0 Å². The maximum absolute atomic E-state index is 11.9. The highest BCUT2D eigenvalue weighted by atomic mass is 32.2. The number of carbonyl (C=O) groups is 1. The highest BCUT2D eigenvalue weighted by molar-refractivity contribution is 7.92. The molecule has 1 aromatic carbocycles. The molecule has 6 nitrogen and oxygen atoms in total. The summed E-state index contributed by atoms with van der Waals surface area (Å²) in [4.78, 5) is 11.8. The summed E-state index contributed by atoms with van der Waals surface area (Å²) in [6.07, 6.45) is 1.08. The van der Waals surface area contributed by atoms with Crippen molar-refractivity contribution in [3.63, 3.8) is 0 Å². The van der Waals surface area contributed by atoms with Crippen LogP contribution in [0.5, 0.6) is 0 Å². The number of amides is 1. The second-order valence-electron chi connectivity index (χ2n) is 5.21. The highest BCUT2D eigenvalue weighted by Gasteiger charge is 2.21. The number of hydrogen-bond donors (Lipinski definition) is 1. The lowest BCUT2D eigenvalue weighted by Gasteiger charge is -2.22. The van der Waals surface area contributed by atoms with E-state index in [2.05, 4.69) is 10.5 Å². The average molecular weight is 311 g/mol. The molecule has 0 bridgehead atoms. The van der Waals surface area contributed by atoms with Crippen molar-refractivity contribution < 1.29 is 13.2 Å². The number of hydrazone groups is 1. The Balaban J connectivity index is 3.08. The number of nitrogens with zero attached hydrogens (tertiary/aromatic N) is 2. The lowest BCUT2D eigenvalue weighted by Crippen LogP contribution is -2.39. The van der Waals surface area contributed by atoms with E-state index < -0.39 is 15.9 Å². The lowest BCUT2D eigenvalue weighted by molar-refractivity contribution is -0.119. The molecule has 1 aromatic rings. The molecular formula is C14H21N3O3S. The summed E-state index contributed by atoms with van der Waals surface area (Å²) < 4.78 is 24.9. The van der Waals surface area contributed by atoms with E-state index in [1.807, 2.05) is 19.9 Å². The van der Waals surface area contributed by atoms with Crippen molar-refractivity contribution in [2.75, 3.05) is 17.1 Å². The molecule has 0 unspecified atom stereocenters. The molecule has 0 aromatic heterocycles. The fourth-order valence-corrected chi connectivity index (χ4v) is 2.67. The van der Waals surface area contributed by atoms with E-state index in [-0.39, 0.29) is 6.54 Å². The minimum Gasteiger partial charge on any atom is -0.271 e. The highest BCUT2D eigenvalue weighted by Crippen LogP contribution is 2.20. The molecule has 116 valence electrons. The van der Waals surface area contributed by atoms with Crippen LogP contribution in [0, 0.1) is 13.8 Å². The van der Waals surface area contributed by atoms with E-state index >= 15 is 0 Å². The molecular weight excluding hydrogens is 290 g/mol. The van der Waals surface area contributed by atoms with Crippen LogP contribution in [0.25, 0.3) is 0 Å². The van der Waals surface area contributed by atoms with Gasteiger partial charge in [-0.05, 0) is 51.0 Å². The predicted octanol–water partition coefficient (Wildman–Crippen LogP) is 1.58. The minimum absolute atomic E-state index is 0.307. The molecule has 0 aliphatic rings. The number of sulfonamides is 1. The Morgan fingerprint density at radius 3 is 2.14 bits per heavy atom. The Hall–Kier alpha value is -1.89. The number of aryl methyl sites for hydroxylation is 2. The van der Waals surface area contributed by atoms with Gasteiger partial charge in [0.05, 0.1) is 11.9 Å². The third kappa shape index (κ3) is 5.55. The van der Waals surface area contributed by atoms with Crippen LogP contribution in [0.15, 0.2) is 23.3 Å². The first kappa shape index (κ1) is 17.2. The topological polar surface area (TPSA) is 78.8 Å². The fourth-order valence-electron chi connectivity index (χ4n) is 1.83. The maximum Gasteiger partial charge on any atom is 0.260 e. The third-order valence-corrected chi connectivity index (χ3v) is 3.73. The molecule has 0 heterocycles. The molecule has 0 radical (unpaired) electrons. The predicted molar refractivity (Wildman–Crippen MR) is 85.0 cm³/mol. The maximum atomic E-state index is 11.9. The van der Waals surface area contributed by atoms with Crippen molar-refractivity contribution >= 4 is 27.3 Å². The van der Waals surface area contributed by atoms with Gasteiger partial charge in [0.15, 0.2) is 0 Å². The van der Waals surface area contributed by atoms with Crippen LogP contribution in [0.3, 0.4) is 0 Å². The molecule has 7 heteroatoms. The Morgan fingerprint density at radius 1 is 1.19 bits per heavy atom. The average Bonchev–Trinajstić information content (AvgIpc) is 2.30. The van der Waals surface area contributed by atoms with Gasteiger partial charge in [-0.15, -0.1) is 0 Å². The smallest absolute Gasteiger partial charge is 0.260 e. The van der Waals surface area contributed by atoms with Gasteiger partial charge in [-0.3, -0.25) is 9.10 Å². The Labute approximate surface area is 125 Å². The molecule has 0 fully saturated rings. The first-order valence-corrected chi connectivity index (χ1v) is 8.30. The van der Waals surface area contributed by atoms with Gasteiger partial charge in [0.25, 0.3) is 5.91 Å². The molecule has 0 saturated carbocycles. The van der Waals surface area contributed by atoms with Crippen LogP contribution in [0.1, 0.15) is 25.0 Å². The molecule has 1 N–H and O–H groups in total. The van der Waals surface area contributed by atoms with E-state index in [0.717, 1.165) is 21.7 Å². The van der Waals surface area contributed by atoms with E-state index in [0.29, 0.717) is 11.4 Å². The van der Waals surface area contributed by atoms with Gasteiger partial charge in [-0.25, -0.2) is 13.8 Å². The fraction of sp³-hybridized carbons (Fsp3) is 0.429. The van der Waals surface area contributed by atoms with Crippen molar-refractivity contribution in [1.82, 2.24) is 5.43 Å². The second kappa shape index (κ2) is 6.71. The van der Waals surface area contributed by atoms with Crippen LogP contribution in [-0.2, 0) is 14.8 Å². The summed E-state index contributed by atoms with van der Waals surface area (Å²) in [7, 11) is -3.56. The van der Waals surface area contributed by atoms with Gasteiger partial charge in [-0.2, -0.15) is 5.10 Å². The van der Waals surface area contributed by atoms with Crippen LogP contribution in [0.4, 0.5) is 5.69 Å². The largest absolute Gasteiger partial charge is 0.271 e. The zero-order chi connectivity index (χ0) is 16.2. The lowest BCUT2D eigenvalue weighted by atomic mass is 10.1. The van der Waals surface area contributed by atoms with E-state index in [1.54, 1.807) is 26.0 Å². The molecule has 1 amide bonds.